The first-order valence-corrected chi connectivity index (χ1v) is 11.9. The Morgan fingerprint density at radius 2 is 1.88 bits per heavy atom. The van der Waals surface area contributed by atoms with Crippen molar-refractivity contribution in [2.45, 2.75) is 52.6 Å². The van der Waals surface area contributed by atoms with Crippen LogP contribution in [0.1, 0.15) is 54.4 Å². The molecule has 0 radical (unpaired) electrons. The standard InChI is InChI=1S/C27H28BrNO4/c1-15-12-16(2)19(13-18(15)14-33-23-11-6-5-8-20(23)28)25-24(27(31)32-4)17(3)29-21-9-7-10-22(30)26(21)25/h5-6,8,11-13,25,29H,7,9-10,14H2,1-4H3. The van der Waals surface area contributed by atoms with Crippen LogP contribution >= 0.6 is 15.9 Å². The van der Waals surface area contributed by atoms with E-state index in [0.29, 0.717) is 24.2 Å². The lowest BCUT2D eigenvalue weighted by Gasteiger charge is -2.35. The van der Waals surface area contributed by atoms with Gasteiger partial charge in [0.15, 0.2) is 5.78 Å². The first-order valence-electron chi connectivity index (χ1n) is 11.1. The predicted molar refractivity (Wildman–Crippen MR) is 131 cm³/mol. The largest absolute Gasteiger partial charge is 0.488 e. The Morgan fingerprint density at radius 3 is 2.61 bits per heavy atom. The van der Waals surface area contributed by atoms with Crippen molar-refractivity contribution in [2.75, 3.05) is 7.11 Å². The van der Waals surface area contributed by atoms with Crippen molar-refractivity contribution >= 4 is 27.7 Å². The van der Waals surface area contributed by atoms with Crippen molar-refractivity contribution in [1.82, 2.24) is 5.32 Å². The molecule has 2 aliphatic rings. The molecule has 5 nitrogen and oxygen atoms in total. The van der Waals surface area contributed by atoms with Crippen molar-refractivity contribution in [1.29, 1.82) is 0 Å². The van der Waals surface area contributed by atoms with Gasteiger partial charge >= 0.3 is 5.97 Å². The lowest BCUT2D eigenvalue weighted by Crippen LogP contribution is -2.34. The first kappa shape index (κ1) is 23.3. The second kappa shape index (κ2) is 9.56. The van der Waals surface area contributed by atoms with Gasteiger partial charge in [0.2, 0.25) is 0 Å². The molecule has 4 rings (SSSR count). The topological polar surface area (TPSA) is 64.6 Å². The van der Waals surface area contributed by atoms with E-state index in [9.17, 15) is 9.59 Å². The number of esters is 1. The highest BCUT2D eigenvalue weighted by Gasteiger charge is 2.39. The van der Waals surface area contributed by atoms with Crippen LogP contribution in [0, 0.1) is 13.8 Å². The lowest BCUT2D eigenvalue weighted by atomic mass is 9.73. The van der Waals surface area contributed by atoms with Gasteiger partial charge in [0.25, 0.3) is 0 Å². The Balaban J connectivity index is 1.80. The molecule has 33 heavy (non-hydrogen) atoms. The van der Waals surface area contributed by atoms with Crippen molar-refractivity contribution in [2.24, 2.45) is 0 Å². The Hall–Kier alpha value is -2.86. The summed E-state index contributed by atoms with van der Waals surface area (Å²) >= 11 is 3.53. The molecule has 6 heteroatoms. The summed E-state index contributed by atoms with van der Waals surface area (Å²) in [5, 5.41) is 3.32. The van der Waals surface area contributed by atoms with E-state index in [2.05, 4.69) is 40.3 Å². The Morgan fingerprint density at radius 1 is 1.12 bits per heavy atom. The third-order valence-corrected chi connectivity index (χ3v) is 7.09. The van der Waals surface area contributed by atoms with Crippen molar-refractivity contribution in [3.63, 3.8) is 0 Å². The normalized spacial score (nSPS) is 18.1. The number of hydrogen-bond donors (Lipinski definition) is 1. The number of allylic oxidation sites excluding steroid dienone is 3. The summed E-state index contributed by atoms with van der Waals surface area (Å²) < 4.78 is 12.1. The van der Waals surface area contributed by atoms with Crippen LogP contribution < -0.4 is 10.1 Å². The SMILES string of the molecule is COC(=O)C1=C(C)NC2=C(C(=O)CCC2)C1c1cc(COc2ccccc2Br)c(C)cc1C. The van der Waals surface area contributed by atoms with Crippen molar-refractivity contribution in [3.05, 3.63) is 85.7 Å². The highest BCUT2D eigenvalue weighted by molar-refractivity contribution is 9.10. The number of ketones is 1. The van der Waals surface area contributed by atoms with Crippen LogP contribution in [0.25, 0.3) is 0 Å². The predicted octanol–water partition coefficient (Wildman–Crippen LogP) is 5.79. The maximum atomic E-state index is 13.1. The minimum absolute atomic E-state index is 0.0913. The van der Waals surface area contributed by atoms with E-state index in [-0.39, 0.29) is 5.78 Å². The van der Waals surface area contributed by atoms with E-state index in [1.807, 2.05) is 38.1 Å². The Bertz CT molecular complexity index is 1190. The number of hydrogen-bond acceptors (Lipinski definition) is 5. The quantitative estimate of drug-likeness (QED) is 0.517. The minimum Gasteiger partial charge on any atom is -0.488 e. The summed E-state index contributed by atoms with van der Waals surface area (Å²) in [6, 6.07) is 11.9. The van der Waals surface area contributed by atoms with E-state index < -0.39 is 11.9 Å². The number of aryl methyl sites for hydroxylation is 2. The summed E-state index contributed by atoms with van der Waals surface area (Å²) in [5.41, 5.74) is 6.93. The third kappa shape index (κ3) is 4.49. The number of halogens is 1. The van der Waals surface area contributed by atoms with Gasteiger partial charge in [-0.05, 0) is 83.9 Å². The molecule has 0 fully saturated rings. The zero-order valence-electron chi connectivity index (χ0n) is 19.4. The highest BCUT2D eigenvalue weighted by Crippen LogP contribution is 2.44. The number of dihydropyridines is 1. The van der Waals surface area contributed by atoms with E-state index in [1.54, 1.807) is 0 Å². The monoisotopic (exact) mass is 509 g/mol. The van der Waals surface area contributed by atoms with Crippen LogP contribution in [0.15, 0.2) is 63.4 Å². The van der Waals surface area contributed by atoms with Gasteiger partial charge in [-0.2, -0.15) is 0 Å². The lowest BCUT2D eigenvalue weighted by molar-refractivity contribution is -0.136. The van der Waals surface area contributed by atoms with Crippen LogP contribution in [-0.4, -0.2) is 18.9 Å². The summed E-state index contributed by atoms with van der Waals surface area (Å²) in [5.74, 6) is -0.0156. The molecule has 2 aromatic carbocycles. The summed E-state index contributed by atoms with van der Waals surface area (Å²) in [6.07, 6.45) is 2.11. The van der Waals surface area contributed by atoms with Gasteiger partial charge in [0.05, 0.1) is 17.2 Å². The van der Waals surface area contributed by atoms with Gasteiger partial charge < -0.3 is 14.8 Å². The van der Waals surface area contributed by atoms with Gasteiger partial charge in [-0.25, -0.2) is 4.79 Å². The van der Waals surface area contributed by atoms with E-state index in [1.165, 1.54) is 7.11 Å². The molecule has 1 aliphatic carbocycles. The number of carbonyl (C=O) groups is 2. The number of benzene rings is 2. The van der Waals surface area contributed by atoms with E-state index >= 15 is 0 Å². The van der Waals surface area contributed by atoms with Crippen molar-refractivity contribution < 1.29 is 19.1 Å². The van der Waals surface area contributed by atoms with Crippen LogP contribution in [0.3, 0.4) is 0 Å². The fourth-order valence-electron chi connectivity index (χ4n) is 4.77. The zero-order chi connectivity index (χ0) is 23.7. The molecular formula is C27H28BrNO4. The maximum Gasteiger partial charge on any atom is 0.336 e. The van der Waals surface area contributed by atoms with Gasteiger partial charge in [0.1, 0.15) is 12.4 Å². The number of rotatable bonds is 5. The number of Topliss-reactive ketones (excluding diaryl/α,β-unsaturated/α-hetero) is 1. The number of carbonyl (C=O) groups excluding carboxylic acids is 2. The number of para-hydroxylation sites is 1. The molecule has 1 aliphatic heterocycles. The van der Waals surface area contributed by atoms with Crippen LogP contribution in [0.4, 0.5) is 0 Å². The third-order valence-electron chi connectivity index (χ3n) is 6.44. The van der Waals surface area contributed by atoms with Gasteiger partial charge in [0, 0.05) is 29.3 Å². The average molecular weight is 510 g/mol. The highest BCUT2D eigenvalue weighted by atomic mass is 79.9. The average Bonchev–Trinajstić information content (AvgIpc) is 2.78. The number of ether oxygens (including phenoxy) is 2. The molecule has 0 saturated carbocycles. The molecule has 1 heterocycles. The van der Waals surface area contributed by atoms with Gasteiger partial charge in [-0.1, -0.05) is 24.3 Å². The summed E-state index contributed by atoms with van der Waals surface area (Å²) in [4.78, 5) is 26.0. The van der Waals surface area contributed by atoms with Crippen molar-refractivity contribution in [3.8, 4) is 5.75 Å². The van der Waals surface area contributed by atoms with Gasteiger partial charge in [-0.3, -0.25) is 4.79 Å². The summed E-state index contributed by atoms with van der Waals surface area (Å²) in [6.45, 7) is 6.34. The number of nitrogens with one attached hydrogen (secondary N) is 1. The zero-order valence-corrected chi connectivity index (χ0v) is 21.0. The van der Waals surface area contributed by atoms with Crippen LogP contribution in [-0.2, 0) is 20.9 Å². The van der Waals surface area contributed by atoms with E-state index in [0.717, 1.165) is 56.7 Å². The molecular weight excluding hydrogens is 482 g/mol. The smallest absolute Gasteiger partial charge is 0.336 e. The molecule has 0 aromatic heterocycles. The molecule has 0 amide bonds. The van der Waals surface area contributed by atoms with E-state index in [4.69, 9.17) is 9.47 Å². The Kier molecular flexibility index (Phi) is 6.75. The molecule has 0 bridgehead atoms. The molecule has 1 N–H and O–H groups in total. The molecule has 2 aromatic rings. The summed E-state index contributed by atoms with van der Waals surface area (Å²) in [7, 11) is 1.38. The minimum atomic E-state index is -0.454. The van der Waals surface area contributed by atoms with Crippen LogP contribution in [0.5, 0.6) is 5.75 Å². The van der Waals surface area contributed by atoms with Gasteiger partial charge in [-0.15, -0.1) is 0 Å². The number of methoxy groups -OCH3 is 1. The fraction of sp³-hybridized carbons (Fsp3) is 0.333. The molecule has 1 unspecified atom stereocenters. The second-order valence-electron chi connectivity index (χ2n) is 8.61. The molecule has 0 saturated heterocycles. The van der Waals surface area contributed by atoms with Crippen LogP contribution in [0.2, 0.25) is 0 Å². The first-order chi connectivity index (χ1) is 15.8. The molecule has 172 valence electrons. The fourth-order valence-corrected chi connectivity index (χ4v) is 5.17. The molecule has 1 atom stereocenters. The molecule has 0 spiro atoms. The maximum absolute atomic E-state index is 13.1. The Labute approximate surface area is 203 Å². The second-order valence-corrected chi connectivity index (χ2v) is 9.47.